The zero-order valence-electron chi connectivity index (χ0n) is 14.6. The second-order valence-corrected chi connectivity index (χ2v) is 6.39. The average Bonchev–Trinajstić information content (AvgIpc) is 2.63. The Morgan fingerprint density at radius 3 is 2.44 bits per heavy atom. The number of nitrogens with one attached hydrogen (secondary N) is 1. The molecule has 0 aliphatic carbocycles. The molecule has 4 nitrogen and oxygen atoms in total. The molecule has 3 N–H and O–H groups in total. The van der Waals surface area contributed by atoms with Crippen LogP contribution in [0.5, 0.6) is 0 Å². The molecule has 1 atom stereocenters. The van der Waals surface area contributed by atoms with Gasteiger partial charge < -0.3 is 11.1 Å². The number of halogens is 1. The van der Waals surface area contributed by atoms with Crippen LogP contribution in [0, 0.1) is 0 Å². The maximum absolute atomic E-state index is 12.7. The molecule has 0 saturated carbocycles. The van der Waals surface area contributed by atoms with Gasteiger partial charge in [0.1, 0.15) is 0 Å². The highest BCUT2D eigenvalue weighted by Crippen LogP contribution is 2.13. The third-order valence-corrected chi connectivity index (χ3v) is 4.48. The molecule has 0 bridgehead atoms. The van der Waals surface area contributed by atoms with Crippen molar-refractivity contribution in [2.75, 3.05) is 25.0 Å². The smallest absolute Gasteiger partial charge is 0.241 e. The van der Waals surface area contributed by atoms with Gasteiger partial charge in [0.15, 0.2) is 0 Å². The second-order valence-electron chi connectivity index (χ2n) is 5.95. The number of nitrogens with zero attached hydrogens (tertiary/aromatic N) is 1. The first kappa shape index (κ1) is 19.4. The summed E-state index contributed by atoms with van der Waals surface area (Å²) in [5, 5.41) is 3.73. The van der Waals surface area contributed by atoms with Crippen molar-refractivity contribution in [3.8, 4) is 0 Å². The van der Waals surface area contributed by atoms with Crippen molar-refractivity contribution in [1.82, 2.24) is 4.90 Å². The van der Waals surface area contributed by atoms with Crippen molar-refractivity contribution in [2.24, 2.45) is 5.73 Å². The van der Waals surface area contributed by atoms with Gasteiger partial charge in [0, 0.05) is 17.3 Å². The van der Waals surface area contributed by atoms with Gasteiger partial charge in [-0.3, -0.25) is 9.69 Å². The van der Waals surface area contributed by atoms with Crippen LogP contribution in [0.25, 0.3) is 0 Å². The van der Waals surface area contributed by atoms with Crippen molar-refractivity contribution in [3.63, 3.8) is 0 Å². The molecule has 0 radical (unpaired) electrons. The van der Waals surface area contributed by atoms with Crippen LogP contribution in [0.3, 0.4) is 0 Å². The Labute approximate surface area is 155 Å². The highest BCUT2D eigenvalue weighted by molar-refractivity contribution is 6.30. The zero-order valence-corrected chi connectivity index (χ0v) is 15.4. The zero-order chi connectivity index (χ0) is 18.1. The first-order chi connectivity index (χ1) is 12.1. The molecule has 5 heteroatoms. The van der Waals surface area contributed by atoms with E-state index in [1.165, 1.54) is 5.56 Å². The normalized spacial score (nSPS) is 12.2. The fourth-order valence-corrected chi connectivity index (χ4v) is 2.97. The molecule has 0 spiro atoms. The van der Waals surface area contributed by atoms with E-state index >= 15 is 0 Å². The van der Waals surface area contributed by atoms with Gasteiger partial charge in [-0.05, 0) is 55.8 Å². The quantitative estimate of drug-likeness (QED) is 0.719. The van der Waals surface area contributed by atoms with Crippen molar-refractivity contribution in [2.45, 2.75) is 25.8 Å². The van der Waals surface area contributed by atoms with E-state index in [2.05, 4.69) is 17.1 Å². The summed E-state index contributed by atoms with van der Waals surface area (Å²) in [6, 6.07) is 17.1. The first-order valence-electron chi connectivity index (χ1n) is 8.68. The topological polar surface area (TPSA) is 58.4 Å². The number of amides is 1. The van der Waals surface area contributed by atoms with E-state index in [-0.39, 0.29) is 11.9 Å². The minimum atomic E-state index is -0.234. The Bertz CT molecular complexity index is 646. The number of nitrogens with two attached hydrogens (primary N) is 1. The van der Waals surface area contributed by atoms with Crippen molar-refractivity contribution in [1.29, 1.82) is 0 Å². The lowest BCUT2D eigenvalue weighted by molar-refractivity contribution is -0.121. The van der Waals surface area contributed by atoms with Gasteiger partial charge >= 0.3 is 0 Å². The number of carbonyl (C=O) groups excluding carboxylic acids is 1. The van der Waals surface area contributed by atoms with Crippen LogP contribution in [0.4, 0.5) is 5.69 Å². The summed E-state index contributed by atoms with van der Waals surface area (Å²) < 4.78 is 0. The fraction of sp³-hybridized carbons (Fsp3) is 0.350. The molecular formula is C20H26ClN3O. The summed E-state index contributed by atoms with van der Waals surface area (Å²) in [5.74, 6) is -0.00499. The van der Waals surface area contributed by atoms with Crippen LogP contribution < -0.4 is 11.1 Å². The number of hydrogen-bond donors (Lipinski definition) is 2. The molecule has 2 aromatic carbocycles. The third kappa shape index (κ3) is 6.16. The summed E-state index contributed by atoms with van der Waals surface area (Å²) in [7, 11) is 0. The van der Waals surface area contributed by atoms with E-state index in [9.17, 15) is 4.79 Å². The molecule has 0 aromatic heterocycles. The number of carbonyl (C=O) groups is 1. The predicted molar refractivity (Wildman–Crippen MR) is 105 cm³/mol. The van der Waals surface area contributed by atoms with Gasteiger partial charge in [-0.15, -0.1) is 0 Å². The minimum Gasteiger partial charge on any atom is -0.330 e. The van der Waals surface area contributed by atoms with E-state index in [1.54, 1.807) is 0 Å². The van der Waals surface area contributed by atoms with E-state index in [1.807, 2.05) is 54.6 Å². The number of anilines is 1. The molecule has 0 heterocycles. The lowest BCUT2D eigenvalue weighted by Crippen LogP contribution is -2.46. The summed E-state index contributed by atoms with van der Waals surface area (Å²) >= 11 is 5.93. The van der Waals surface area contributed by atoms with Gasteiger partial charge in [0.05, 0.1) is 6.04 Å². The number of rotatable bonds is 9. The van der Waals surface area contributed by atoms with Crippen molar-refractivity contribution >= 4 is 23.2 Å². The lowest BCUT2D eigenvalue weighted by atomic mass is 10.1. The maximum Gasteiger partial charge on any atom is 0.241 e. The van der Waals surface area contributed by atoms with Crippen LogP contribution in [-0.2, 0) is 11.2 Å². The fourth-order valence-electron chi connectivity index (χ4n) is 2.84. The number of benzene rings is 2. The van der Waals surface area contributed by atoms with E-state index < -0.39 is 0 Å². The second kappa shape index (κ2) is 10.2. The molecule has 0 aliphatic heterocycles. The van der Waals surface area contributed by atoms with Crippen LogP contribution >= 0.6 is 11.6 Å². The molecule has 1 amide bonds. The van der Waals surface area contributed by atoms with Crippen molar-refractivity contribution in [3.05, 3.63) is 65.2 Å². The molecule has 2 rings (SSSR count). The highest BCUT2D eigenvalue weighted by Gasteiger charge is 2.24. The Morgan fingerprint density at radius 1 is 1.16 bits per heavy atom. The maximum atomic E-state index is 12.7. The molecule has 0 aliphatic rings. The van der Waals surface area contributed by atoms with Gasteiger partial charge in [-0.25, -0.2) is 0 Å². The minimum absolute atomic E-state index is 0.00499. The van der Waals surface area contributed by atoms with Crippen LogP contribution in [0.2, 0.25) is 5.02 Å². The monoisotopic (exact) mass is 359 g/mol. The summed E-state index contributed by atoms with van der Waals surface area (Å²) in [5.41, 5.74) is 7.77. The molecule has 25 heavy (non-hydrogen) atoms. The summed E-state index contributed by atoms with van der Waals surface area (Å²) in [4.78, 5) is 14.9. The number of para-hydroxylation sites is 1. The molecule has 134 valence electrons. The first-order valence-corrected chi connectivity index (χ1v) is 9.06. The molecule has 2 aromatic rings. The van der Waals surface area contributed by atoms with Gasteiger partial charge in [0.2, 0.25) is 5.91 Å². The largest absolute Gasteiger partial charge is 0.330 e. The van der Waals surface area contributed by atoms with Crippen LogP contribution in [0.1, 0.15) is 18.9 Å². The van der Waals surface area contributed by atoms with E-state index in [0.29, 0.717) is 13.0 Å². The van der Waals surface area contributed by atoms with Gasteiger partial charge in [-0.1, -0.05) is 48.9 Å². The number of hydrogen-bond acceptors (Lipinski definition) is 3. The SMILES string of the molecule is CCN(CCc1ccc(Cl)cc1)C(CCN)C(=O)Nc1ccccc1. The molecule has 0 saturated heterocycles. The summed E-state index contributed by atoms with van der Waals surface area (Å²) in [6.07, 6.45) is 1.50. The molecule has 1 unspecified atom stereocenters. The molecular weight excluding hydrogens is 334 g/mol. The van der Waals surface area contributed by atoms with Crippen LogP contribution in [-0.4, -0.2) is 36.5 Å². The van der Waals surface area contributed by atoms with Gasteiger partial charge in [0.25, 0.3) is 0 Å². The van der Waals surface area contributed by atoms with Crippen LogP contribution in [0.15, 0.2) is 54.6 Å². The lowest BCUT2D eigenvalue weighted by Gasteiger charge is -2.29. The number of likely N-dealkylation sites (N-methyl/N-ethyl adjacent to an activating group) is 1. The van der Waals surface area contributed by atoms with Gasteiger partial charge in [-0.2, -0.15) is 0 Å². The Balaban J connectivity index is 2.01. The van der Waals surface area contributed by atoms with E-state index in [4.69, 9.17) is 17.3 Å². The standard InChI is InChI=1S/C20H26ClN3O/c1-2-24(15-13-16-8-10-17(21)11-9-16)19(12-14-22)20(25)23-18-6-4-3-5-7-18/h3-11,19H,2,12-15,22H2,1H3,(H,23,25). The van der Waals surface area contributed by atoms with Crippen molar-refractivity contribution < 1.29 is 4.79 Å². The summed E-state index contributed by atoms with van der Waals surface area (Å²) in [6.45, 7) is 4.14. The Kier molecular flexibility index (Phi) is 7.92. The Morgan fingerprint density at radius 2 is 1.84 bits per heavy atom. The predicted octanol–water partition coefficient (Wildman–Crippen LogP) is 3.56. The highest BCUT2D eigenvalue weighted by atomic mass is 35.5. The Hall–Kier alpha value is -1.88. The third-order valence-electron chi connectivity index (χ3n) is 4.23. The van der Waals surface area contributed by atoms with E-state index in [0.717, 1.165) is 30.2 Å². The average molecular weight is 360 g/mol. The molecule has 0 fully saturated rings.